The van der Waals surface area contributed by atoms with Gasteiger partial charge in [-0.25, -0.2) is 14.0 Å². The van der Waals surface area contributed by atoms with E-state index < -0.39 is 35.1 Å². The lowest BCUT2D eigenvalue weighted by Gasteiger charge is -2.40. The van der Waals surface area contributed by atoms with E-state index in [4.69, 9.17) is 9.47 Å². The third-order valence-corrected chi connectivity index (χ3v) is 4.49. The van der Waals surface area contributed by atoms with Gasteiger partial charge in [-0.1, -0.05) is 0 Å². The predicted octanol–water partition coefficient (Wildman–Crippen LogP) is 2.60. The molecule has 0 bridgehead atoms. The molecule has 142 valence electrons. The van der Waals surface area contributed by atoms with Gasteiger partial charge in [0.05, 0.1) is 17.2 Å². The van der Waals surface area contributed by atoms with Crippen LogP contribution < -0.4 is 15.4 Å². The molecule has 1 aromatic rings. The number of amides is 1. The number of alkyl carbamates (subject to hydrolysis) is 1. The Morgan fingerprint density at radius 1 is 1.42 bits per heavy atom. The van der Waals surface area contributed by atoms with Crippen molar-refractivity contribution in [3.05, 3.63) is 29.1 Å². The van der Waals surface area contributed by atoms with Crippen molar-refractivity contribution in [3.63, 3.8) is 0 Å². The molecule has 3 rings (SSSR count). The van der Waals surface area contributed by atoms with E-state index in [1.165, 1.54) is 6.07 Å². The van der Waals surface area contributed by atoms with Crippen molar-refractivity contribution < 1.29 is 28.6 Å². The van der Waals surface area contributed by atoms with E-state index in [1.54, 1.807) is 20.8 Å². The largest absolute Gasteiger partial charge is 0.485 e. The van der Waals surface area contributed by atoms with E-state index in [2.05, 4.69) is 10.6 Å². The van der Waals surface area contributed by atoms with Crippen LogP contribution in [0.25, 0.3) is 0 Å². The van der Waals surface area contributed by atoms with Gasteiger partial charge >= 0.3 is 12.1 Å². The van der Waals surface area contributed by atoms with Crippen LogP contribution in [0.2, 0.25) is 0 Å². The molecule has 0 radical (unpaired) electrons. The standard InChI is InChI=1S/C18H23FN2O5/c1-17(2,3)26-16(24)21-12-8-18(4-5-20-9-18)25-13-7-10(15(22)23)6-11(19)14(12)13/h6-7,12,20H,4-5,8-9H2,1-3H3,(H,21,24)(H,22,23). The van der Waals surface area contributed by atoms with Gasteiger partial charge in [-0.05, 0) is 39.4 Å². The van der Waals surface area contributed by atoms with E-state index in [0.29, 0.717) is 19.4 Å². The Morgan fingerprint density at radius 2 is 2.15 bits per heavy atom. The van der Waals surface area contributed by atoms with E-state index in [9.17, 15) is 19.1 Å². The second-order valence-corrected chi connectivity index (χ2v) is 7.79. The third kappa shape index (κ3) is 3.75. The lowest BCUT2D eigenvalue weighted by atomic mass is 9.85. The predicted molar refractivity (Wildman–Crippen MR) is 90.9 cm³/mol. The van der Waals surface area contributed by atoms with Crippen LogP contribution in [0.4, 0.5) is 9.18 Å². The number of benzene rings is 1. The summed E-state index contributed by atoms with van der Waals surface area (Å²) in [6, 6.07) is 1.58. The lowest BCUT2D eigenvalue weighted by Crippen LogP contribution is -2.47. The molecule has 2 aliphatic heterocycles. The maximum atomic E-state index is 14.7. The zero-order valence-electron chi connectivity index (χ0n) is 15.0. The monoisotopic (exact) mass is 366 g/mol. The fraction of sp³-hybridized carbons (Fsp3) is 0.556. The number of carbonyl (C=O) groups is 2. The molecule has 2 heterocycles. The molecule has 2 unspecified atom stereocenters. The first-order valence-corrected chi connectivity index (χ1v) is 8.55. The number of hydrogen-bond acceptors (Lipinski definition) is 5. The first kappa shape index (κ1) is 18.4. The van der Waals surface area contributed by atoms with Crippen molar-refractivity contribution in [1.29, 1.82) is 0 Å². The van der Waals surface area contributed by atoms with E-state index in [-0.39, 0.29) is 16.9 Å². The second kappa shape index (κ2) is 6.42. The first-order chi connectivity index (χ1) is 12.1. The molecule has 1 amide bonds. The second-order valence-electron chi connectivity index (χ2n) is 7.79. The Bertz CT molecular complexity index is 738. The number of carboxylic acids is 1. The van der Waals surface area contributed by atoms with Crippen molar-refractivity contribution >= 4 is 12.1 Å². The molecule has 8 heteroatoms. The number of hydrogen-bond donors (Lipinski definition) is 3. The minimum absolute atomic E-state index is 0.151. The van der Waals surface area contributed by atoms with Gasteiger partial charge in [0.1, 0.15) is 22.8 Å². The summed E-state index contributed by atoms with van der Waals surface area (Å²) in [5, 5.41) is 15.1. The van der Waals surface area contributed by atoms with Gasteiger partial charge in [-0.3, -0.25) is 0 Å². The Kier molecular flexibility index (Phi) is 4.56. The molecule has 26 heavy (non-hydrogen) atoms. The highest BCUT2D eigenvalue weighted by atomic mass is 19.1. The van der Waals surface area contributed by atoms with Gasteiger partial charge in [0.15, 0.2) is 0 Å². The van der Waals surface area contributed by atoms with E-state index in [1.807, 2.05) is 0 Å². The summed E-state index contributed by atoms with van der Waals surface area (Å²) in [5.41, 5.74) is -1.34. The molecule has 1 aromatic carbocycles. The number of aromatic carboxylic acids is 1. The molecule has 1 fully saturated rings. The molecule has 0 saturated carbocycles. The van der Waals surface area contributed by atoms with Gasteiger partial charge in [0, 0.05) is 19.4 Å². The van der Waals surface area contributed by atoms with Gasteiger partial charge in [0.25, 0.3) is 0 Å². The first-order valence-electron chi connectivity index (χ1n) is 8.55. The lowest BCUT2D eigenvalue weighted by molar-refractivity contribution is 0.0309. The number of fused-ring (bicyclic) bond motifs is 1. The van der Waals surface area contributed by atoms with Crippen molar-refractivity contribution in [3.8, 4) is 5.75 Å². The average molecular weight is 366 g/mol. The molecule has 2 aliphatic rings. The Hall–Kier alpha value is -2.35. The van der Waals surface area contributed by atoms with Gasteiger partial charge in [-0.2, -0.15) is 0 Å². The summed E-state index contributed by atoms with van der Waals surface area (Å²) in [7, 11) is 0. The maximum absolute atomic E-state index is 14.7. The van der Waals surface area contributed by atoms with Crippen LogP contribution in [-0.4, -0.2) is 41.5 Å². The quantitative estimate of drug-likeness (QED) is 0.744. The minimum atomic E-state index is -1.24. The Labute approximate surface area is 150 Å². The molecule has 0 aliphatic carbocycles. The molecule has 7 nitrogen and oxygen atoms in total. The van der Waals surface area contributed by atoms with Crippen LogP contribution in [0.3, 0.4) is 0 Å². The smallest absolute Gasteiger partial charge is 0.408 e. The fourth-order valence-corrected chi connectivity index (χ4v) is 3.44. The summed E-state index contributed by atoms with van der Waals surface area (Å²) >= 11 is 0. The topological polar surface area (TPSA) is 96.9 Å². The summed E-state index contributed by atoms with van der Waals surface area (Å²) in [4.78, 5) is 23.5. The number of ether oxygens (including phenoxy) is 2. The molecular weight excluding hydrogens is 343 g/mol. The molecule has 3 N–H and O–H groups in total. The average Bonchev–Trinajstić information content (AvgIpc) is 2.91. The van der Waals surface area contributed by atoms with Crippen LogP contribution in [0.1, 0.15) is 55.6 Å². The normalized spacial score (nSPS) is 24.7. The number of carbonyl (C=O) groups excluding carboxylic acids is 1. The number of rotatable bonds is 2. The van der Waals surface area contributed by atoms with Crippen LogP contribution in [0.5, 0.6) is 5.75 Å². The van der Waals surface area contributed by atoms with Gasteiger partial charge < -0.3 is 25.2 Å². The highest BCUT2D eigenvalue weighted by Gasteiger charge is 2.45. The molecule has 1 spiro atoms. The Balaban J connectivity index is 1.96. The minimum Gasteiger partial charge on any atom is -0.485 e. The SMILES string of the molecule is CC(C)(C)OC(=O)NC1CC2(CCNC2)Oc2cc(C(=O)O)cc(F)c21. The summed E-state index contributed by atoms with van der Waals surface area (Å²) in [6.45, 7) is 6.50. The van der Waals surface area contributed by atoms with Crippen LogP contribution in [0, 0.1) is 5.82 Å². The third-order valence-electron chi connectivity index (χ3n) is 4.49. The van der Waals surface area contributed by atoms with E-state index in [0.717, 1.165) is 12.6 Å². The summed E-state index contributed by atoms with van der Waals surface area (Å²) in [5.74, 6) is -1.81. The van der Waals surface area contributed by atoms with E-state index >= 15 is 0 Å². The fourth-order valence-electron chi connectivity index (χ4n) is 3.44. The summed E-state index contributed by atoms with van der Waals surface area (Å²) < 4.78 is 25.9. The van der Waals surface area contributed by atoms with Gasteiger partial charge in [-0.15, -0.1) is 0 Å². The summed E-state index contributed by atoms with van der Waals surface area (Å²) in [6.07, 6.45) is 0.395. The van der Waals surface area contributed by atoms with Crippen molar-refractivity contribution in [2.24, 2.45) is 0 Å². The molecular formula is C18H23FN2O5. The van der Waals surface area contributed by atoms with Crippen LogP contribution >= 0.6 is 0 Å². The molecule has 2 atom stereocenters. The zero-order valence-corrected chi connectivity index (χ0v) is 15.0. The highest BCUT2D eigenvalue weighted by molar-refractivity contribution is 5.88. The number of carboxylic acid groups (broad SMARTS) is 1. The van der Waals surface area contributed by atoms with Crippen molar-refractivity contribution in [1.82, 2.24) is 10.6 Å². The number of halogens is 1. The maximum Gasteiger partial charge on any atom is 0.408 e. The Morgan fingerprint density at radius 3 is 2.73 bits per heavy atom. The number of nitrogens with one attached hydrogen (secondary N) is 2. The van der Waals surface area contributed by atoms with Crippen LogP contribution in [-0.2, 0) is 4.74 Å². The van der Waals surface area contributed by atoms with Crippen molar-refractivity contribution in [2.75, 3.05) is 13.1 Å². The highest BCUT2D eigenvalue weighted by Crippen LogP contribution is 2.44. The van der Waals surface area contributed by atoms with Gasteiger partial charge in [0.2, 0.25) is 0 Å². The molecule has 1 saturated heterocycles. The van der Waals surface area contributed by atoms with Crippen molar-refractivity contribution in [2.45, 2.75) is 50.9 Å². The molecule has 0 aromatic heterocycles. The zero-order chi connectivity index (χ0) is 19.1. The van der Waals surface area contributed by atoms with Crippen LogP contribution in [0.15, 0.2) is 12.1 Å².